The van der Waals surface area contributed by atoms with Crippen molar-refractivity contribution >= 4 is 16.2 Å². The van der Waals surface area contributed by atoms with E-state index >= 15 is 0 Å². The Morgan fingerprint density at radius 1 is 0.857 bits per heavy atom. The van der Waals surface area contributed by atoms with E-state index in [1.807, 2.05) is 0 Å². The van der Waals surface area contributed by atoms with Crippen LogP contribution < -0.4 is 0 Å². The predicted octanol–water partition coefficient (Wildman–Crippen LogP) is 3.64. The van der Waals surface area contributed by atoms with Gasteiger partial charge in [0.05, 0.1) is 0 Å². The van der Waals surface area contributed by atoms with Gasteiger partial charge in [-0.15, -0.1) is 0 Å². The monoisotopic (exact) mass is 255 g/mol. The molecule has 14 heavy (non-hydrogen) atoms. The normalized spacial score (nSPS) is 10.9. The van der Waals surface area contributed by atoms with Crippen LogP contribution >= 0.6 is 0 Å². The van der Waals surface area contributed by atoms with Crippen LogP contribution in [0, 0.1) is 0 Å². The van der Waals surface area contributed by atoms with Gasteiger partial charge in [0, 0.05) is 0 Å². The van der Waals surface area contributed by atoms with Crippen LogP contribution in [0.4, 0.5) is 0 Å². The van der Waals surface area contributed by atoms with Gasteiger partial charge in [0.15, 0.2) is 0 Å². The van der Waals surface area contributed by atoms with Crippen molar-refractivity contribution in [3.05, 3.63) is 0 Å². The molecule has 0 aromatic carbocycles. The van der Waals surface area contributed by atoms with Gasteiger partial charge in [-0.1, -0.05) is 0 Å². The number of nitrogens with zero attached hydrogens (tertiary/aromatic N) is 1. The standard InChI is InChI=1S/C8H18N.2C2H5.Ga/c1-4-7-8-9(5-2)6-3;2*1-2;/h1,4-8H2,2-3H3;2*1H2,2H3;. The molecule has 0 fully saturated rings. The second kappa shape index (κ2) is 10.1. The molecular formula is C12H28GaN. The summed E-state index contributed by atoms with van der Waals surface area (Å²) in [5.74, 6) is 0. The Kier molecular flexibility index (Phi) is 10.6. The molecule has 0 spiro atoms. The zero-order valence-electron chi connectivity index (χ0n) is 10.7. The van der Waals surface area contributed by atoms with Gasteiger partial charge in [0.2, 0.25) is 0 Å². The molecule has 84 valence electrons. The fraction of sp³-hybridized carbons (Fsp3) is 1.00. The van der Waals surface area contributed by atoms with Gasteiger partial charge in [-0.2, -0.15) is 0 Å². The van der Waals surface area contributed by atoms with Crippen LogP contribution in [0.1, 0.15) is 40.5 Å². The maximum absolute atomic E-state index is 2.54. The molecule has 0 amide bonds. The molecular weight excluding hydrogens is 228 g/mol. The van der Waals surface area contributed by atoms with E-state index in [0.717, 1.165) is 0 Å². The van der Waals surface area contributed by atoms with Gasteiger partial charge in [0.25, 0.3) is 0 Å². The average Bonchev–Trinajstić information content (AvgIpc) is 2.24. The van der Waals surface area contributed by atoms with Crippen molar-refractivity contribution in [1.29, 1.82) is 0 Å². The van der Waals surface area contributed by atoms with Crippen molar-refractivity contribution in [2.75, 3.05) is 19.6 Å². The molecule has 0 aliphatic carbocycles. The second-order valence-corrected chi connectivity index (χ2v) is 12.5. The van der Waals surface area contributed by atoms with E-state index in [1.54, 1.807) is 14.9 Å². The van der Waals surface area contributed by atoms with Gasteiger partial charge >= 0.3 is 96.2 Å². The SMILES string of the molecule is CCN(CC)CCC[CH2][Ga]([CH2]C)[CH2]C. The van der Waals surface area contributed by atoms with Crippen molar-refractivity contribution < 1.29 is 0 Å². The summed E-state index contributed by atoms with van der Waals surface area (Å²) in [6, 6.07) is 0. The molecule has 2 heteroatoms. The van der Waals surface area contributed by atoms with Crippen LogP contribution in [0.15, 0.2) is 0 Å². The Balaban J connectivity index is 3.35. The van der Waals surface area contributed by atoms with Crippen molar-refractivity contribution in [1.82, 2.24) is 4.90 Å². The average molecular weight is 256 g/mol. The molecule has 0 unspecified atom stereocenters. The summed E-state index contributed by atoms with van der Waals surface area (Å²) in [6.07, 6.45) is 2.94. The molecule has 0 saturated heterocycles. The van der Waals surface area contributed by atoms with Gasteiger partial charge in [-0.25, -0.2) is 0 Å². The molecule has 0 bridgehead atoms. The first-order valence-electron chi connectivity index (χ1n) is 6.50. The van der Waals surface area contributed by atoms with E-state index < -0.39 is 16.2 Å². The summed E-state index contributed by atoms with van der Waals surface area (Å²) >= 11 is -0.736. The molecule has 0 N–H and O–H groups in total. The van der Waals surface area contributed by atoms with Crippen LogP contribution in [0.3, 0.4) is 0 Å². The third-order valence-corrected chi connectivity index (χ3v) is 10.8. The fourth-order valence-electron chi connectivity index (χ4n) is 2.01. The van der Waals surface area contributed by atoms with E-state index in [0.29, 0.717) is 0 Å². The summed E-state index contributed by atoms with van der Waals surface area (Å²) in [4.78, 5) is 7.27. The summed E-state index contributed by atoms with van der Waals surface area (Å²) in [5.41, 5.74) is 0. The summed E-state index contributed by atoms with van der Waals surface area (Å²) in [6.45, 7) is 13.1. The molecule has 0 rings (SSSR count). The van der Waals surface area contributed by atoms with E-state index in [4.69, 9.17) is 0 Å². The van der Waals surface area contributed by atoms with Crippen molar-refractivity contribution in [3.63, 3.8) is 0 Å². The molecule has 0 aromatic rings. The van der Waals surface area contributed by atoms with Gasteiger partial charge in [0.1, 0.15) is 0 Å². The minimum atomic E-state index is -0.736. The first-order valence-corrected chi connectivity index (χ1v) is 11.6. The van der Waals surface area contributed by atoms with E-state index in [1.165, 1.54) is 32.5 Å². The van der Waals surface area contributed by atoms with Crippen molar-refractivity contribution in [3.8, 4) is 0 Å². The minimum absolute atomic E-state index is 0.736. The molecule has 1 nitrogen and oxygen atoms in total. The molecule has 0 aromatic heterocycles. The summed E-state index contributed by atoms with van der Waals surface area (Å²) in [5, 5.41) is 0. The molecule has 0 radical (unpaired) electrons. The molecule has 0 aliphatic rings. The molecule has 0 heterocycles. The van der Waals surface area contributed by atoms with E-state index in [9.17, 15) is 0 Å². The van der Waals surface area contributed by atoms with Gasteiger partial charge in [-0.3, -0.25) is 0 Å². The molecule has 0 aliphatic heterocycles. The Labute approximate surface area is 96.3 Å². The number of hydrogen-bond acceptors (Lipinski definition) is 1. The predicted molar refractivity (Wildman–Crippen MR) is 68.5 cm³/mol. The Morgan fingerprint density at radius 2 is 1.43 bits per heavy atom. The first kappa shape index (κ1) is 14.6. The maximum atomic E-state index is 2.54. The fourth-order valence-corrected chi connectivity index (χ4v) is 6.75. The second-order valence-electron chi connectivity index (χ2n) is 4.21. The summed E-state index contributed by atoms with van der Waals surface area (Å²) in [7, 11) is 0. The molecule has 0 atom stereocenters. The van der Waals surface area contributed by atoms with Gasteiger partial charge < -0.3 is 0 Å². The third-order valence-electron chi connectivity index (χ3n) is 3.39. The van der Waals surface area contributed by atoms with Crippen LogP contribution in [0.25, 0.3) is 0 Å². The van der Waals surface area contributed by atoms with Crippen LogP contribution in [-0.2, 0) is 0 Å². The van der Waals surface area contributed by atoms with E-state index in [2.05, 4.69) is 32.6 Å². The van der Waals surface area contributed by atoms with Crippen molar-refractivity contribution in [2.45, 2.75) is 55.5 Å². The van der Waals surface area contributed by atoms with Crippen molar-refractivity contribution in [2.24, 2.45) is 0 Å². The third kappa shape index (κ3) is 6.96. The number of rotatable bonds is 9. The first-order chi connectivity index (χ1) is 6.78. The van der Waals surface area contributed by atoms with Crippen LogP contribution in [0.2, 0.25) is 14.9 Å². The zero-order valence-corrected chi connectivity index (χ0v) is 13.1. The Bertz CT molecular complexity index is 94.9. The zero-order chi connectivity index (χ0) is 10.8. The van der Waals surface area contributed by atoms with Gasteiger partial charge in [-0.05, 0) is 0 Å². The molecule has 0 saturated carbocycles. The quantitative estimate of drug-likeness (QED) is 0.449. The van der Waals surface area contributed by atoms with E-state index in [-0.39, 0.29) is 0 Å². The Morgan fingerprint density at radius 3 is 1.86 bits per heavy atom. The number of hydrogen-bond donors (Lipinski definition) is 0. The van der Waals surface area contributed by atoms with Crippen LogP contribution in [0.5, 0.6) is 0 Å². The Hall–Kier alpha value is 0.596. The number of unbranched alkanes of at least 4 members (excludes halogenated alkanes) is 1. The van der Waals surface area contributed by atoms with Crippen LogP contribution in [-0.4, -0.2) is 40.8 Å². The topological polar surface area (TPSA) is 3.24 Å². The summed E-state index contributed by atoms with van der Waals surface area (Å²) < 4.78 is 0.